The van der Waals surface area contributed by atoms with Gasteiger partial charge < -0.3 is 19.4 Å². The zero-order chi connectivity index (χ0) is 22.8. The molecule has 3 aromatic rings. The Balaban J connectivity index is 1.66. The number of fused-ring (bicyclic) bond motifs is 1. The number of anilines is 1. The van der Waals surface area contributed by atoms with Crippen molar-refractivity contribution in [2.45, 2.75) is 64.6 Å². The van der Waals surface area contributed by atoms with Gasteiger partial charge in [0, 0.05) is 68.5 Å². The molecular weight excluding hydrogens is 416 g/mol. The Bertz CT molecular complexity index is 1070. The highest BCUT2D eigenvalue weighted by atomic mass is 28.3. The van der Waals surface area contributed by atoms with Crippen molar-refractivity contribution in [3.05, 3.63) is 42.4 Å². The first-order chi connectivity index (χ1) is 15.2. The Morgan fingerprint density at radius 2 is 1.94 bits per heavy atom. The van der Waals surface area contributed by atoms with Crippen LogP contribution in [0.25, 0.3) is 22.2 Å². The van der Waals surface area contributed by atoms with Crippen LogP contribution in [0.3, 0.4) is 0 Å². The molecule has 3 aromatic heterocycles. The first-order valence-corrected chi connectivity index (χ1v) is 15.3. The summed E-state index contributed by atoms with van der Waals surface area (Å²) in [5, 5.41) is 4.79. The Hall–Kier alpha value is -2.22. The van der Waals surface area contributed by atoms with E-state index in [0.717, 1.165) is 72.4 Å². The van der Waals surface area contributed by atoms with Gasteiger partial charge in [-0.15, -0.1) is 0 Å². The Kier molecular flexibility index (Phi) is 6.69. The molecule has 1 saturated heterocycles. The fraction of sp³-hybridized carbons (Fsp3) is 0.520. The summed E-state index contributed by atoms with van der Waals surface area (Å²) in [5.74, 6) is 0.904. The van der Waals surface area contributed by atoms with Crippen LogP contribution in [0.2, 0.25) is 25.7 Å². The van der Waals surface area contributed by atoms with Gasteiger partial charge in [-0.3, -0.25) is 4.98 Å². The molecular formula is C25H36N4O2Si. The first kappa shape index (κ1) is 23.0. The summed E-state index contributed by atoms with van der Waals surface area (Å²) in [5.41, 5.74) is 4.43. The van der Waals surface area contributed by atoms with Gasteiger partial charge in [0.05, 0.1) is 11.2 Å². The fourth-order valence-corrected chi connectivity index (χ4v) is 4.85. The molecule has 172 valence electrons. The van der Waals surface area contributed by atoms with E-state index in [1.807, 2.05) is 19.3 Å². The zero-order valence-corrected chi connectivity index (χ0v) is 21.1. The van der Waals surface area contributed by atoms with Crippen LogP contribution in [0, 0.1) is 6.92 Å². The van der Waals surface area contributed by atoms with Gasteiger partial charge >= 0.3 is 0 Å². The van der Waals surface area contributed by atoms with Crippen molar-refractivity contribution in [1.29, 1.82) is 0 Å². The van der Waals surface area contributed by atoms with Gasteiger partial charge in [-0.25, -0.2) is 4.98 Å². The molecule has 1 aliphatic heterocycles. The number of nitrogens with one attached hydrogen (secondary N) is 1. The van der Waals surface area contributed by atoms with Gasteiger partial charge in [-0.05, 0) is 50.9 Å². The van der Waals surface area contributed by atoms with E-state index in [9.17, 15) is 0 Å². The van der Waals surface area contributed by atoms with E-state index < -0.39 is 8.07 Å². The number of rotatable bonds is 8. The number of hydrogen-bond acceptors (Lipinski definition) is 5. The SMILES string of the molecule is Cc1cc(-c2cc3cnc(NC4(C)CCOCC4)cc3n2COCC[Si](C)(C)C)ccn1. The Morgan fingerprint density at radius 1 is 1.16 bits per heavy atom. The molecule has 6 nitrogen and oxygen atoms in total. The van der Waals surface area contributed by atoms with Crippen LogP contribution in [-0.4, -0.2) is 48.0 Å². The van der Waals surface area contributed by atoms with Crippen molar-refractivity contribution in [2.75, 3.05) is 25.1 Å². The maximum atomic E-state index is 6.19. The van der Waals surface area contributed by atoms with E-state index >= 15 is 0 Å². The predicted octanol–water partition coefficient (Wildman–Crippen LogP) is 5.70. The molecule has 32 heavy (non-hydrogen) atoms. The minimum atomic E-state index is -1.13. The number of aromatic nitrogens is 3. The summed E-state index contributed by atoms with van der Waals surface area (Å²) >= 11 is 0. The van der Waals surface area contributed by atoms with E-state index in [-0.39, 0.29) is 5.54 Å². The standard InChI is InChI=1S/C25H36N4O2Si/c1-19-14-20(6-9-26-19)22-15-21-17-27-24(28-25(2)7-10-30-11-8-25)16-23(21)29(22)18-31-12-13-32(3,4)5/h6,9,14-17H,7-8,10-13,18H2,1-5H3,(H,27,28). The summed E-state index contributed by atoms with van der Waals surface area (Å²) in [7, 11) is -1.13. The van der Waals surface area contributed by atoms with Crippen molar-refractivity contribution < 1.29 is 9.47 Å². The molecule has 0 amide bonds. The van der Waals surface area contributed by atoms with E-state index in [0.29, 0.717) is 6.73 Å². The fourth-order valence-electron chi connectivity index (χ4n) is 4.10. The lowest BCUT2D eigenvalue weighted by atomic mass is 9.92. The maximum Gasteiger partial charge on any atom is 0.128 e. The second-order valence-corrected chi connectivity index (χ2v) is 16.0. The largest absolute Gasteiger partial charge is 0.381 e. The van der Waals surface area contributed by atoms with E-state index in [1.165, 1.54) is 0 Å². The average Bonchev–Trinajstić information content (AvgIpc) is 3.09. The molecule has 1 aliphatic rings. The molecule has 0 atom stereocenters. The molecule has 1 N–H and O–H groups in total. The number of ether oxygens (including phenoxy) is 2. The van der Waals surface area contributed by atoms with Gasteiger partial charge in [-0.2, -0.15) is 0 Å². The minimum Gasteiger partial charge on any atom is -0.381 e. The van der Waals surface area contributed by atoms with Crippen molar-refractivity contribution in [1.82, 2.24) is 14.5 Å². The Morgan fingerprint density at radius 3 is 2.66 bits per heavy atom. The van der Waals surface area contributed by atoms with Crippen LogP contribution in [0.5, 0.6) is 0 Å². The van der Waals surface area contributed by atoms with Gasteiger partial charge in [0.1, 0.15) is 12.5 Å². The van der Waals surface area contributed by atoms with E-state index in [2.05, 4.69) is 65.7 Å². The molecule has 4 rings (SSSR count). The van der Waals surface area contributed by atoms with Crippen molar-refractivity contribution >= 4 is 24.8 Å². The molecule has 0 saturated carbocycles. The molecule has 7 heteroatoms. The lowest BCUT2D eigenvalue weighted by molar-refractivity contribution is 0.0657. The minimum absolute atomic E-state index is 0.00915. The summed E-state index contributed by atoms with van der Waals surface area (Å²) in [6.07, 6.45) is 5.80. The second kappa shape index (κ2) is 9.33. The van der Waals surface area contributed by atoms with Crippen molar-refractivity contribution in [2.24, 2.45) is 0 Å². The normalized spacial score (nSPS) is 16.4. The highest BCUT2D eigenvalue weighted by Gasteiger charge is 2.27. The average molecular weight is 453 g/mol. The number of hydrogen-bond donors (Lipinski definition) is 1. The van der Waals surface area contributed by atoms with Gasteiger partial charge in [0.2, 0.25) is 0 Å². The van der Waals surface area contributed by atoms with Crippen LogP contribution in [0.4, 0.5) is 5.82 Å². The van der Waals surface area contributed by atoms with Crippen molar-refractivity contribution in [3.63, 3.8) is 0 Å². The molecule has 0 bridgehead atoms. The topological polar surface area (TPSA) is 61.2 Å². The lowest BCUT2D eigenvalue weighted by Crippen LogP contribution is -2.40. The van der Waals surface area contributed by atoms with Crippen LogP contribution in [0.15, 0.2) is 36.7 Å². The molecule has 0 radical (unpaired) electrons. The van der Waals surface area contributed by atoms with Crippen LogP contribution in [-0.2, 0) is 16.2 Å². The van der Waals surface area contributed by atoms with Crippen molar-refractivity contribution in [3.8, 4) is 11.3 Å². The smallest absolute Gasteiger partial charge is 0.128 e. The summed E-state index contributed by atoms with van der Waals surface area (Å²) in [6.45, 7) is 14.3. The number of aryl methyl sites for hydroxylation is 1. The maximum absolute atomic E-state index is 6.19. The number of pyridine rings is 2. The molecule has 0 unspecified atom stereocenters. The van der Waals surface area contributed by atoms with Crippen LogP contribution >= 0.6 is 0 Å². The highest BCUT2D eigenvalue weighted by Crippen LogP contribution is 2.31. The Labute approximate surface area is 192 Å². The molecule has 0 aliphatic carbocycles. The molecule has 1 fully saturated rings. The van der Waals surface area contributed by atoms with Gasteiger partial charge in [-0.1, -0.05) is 19.6 Å². The monoisotopic (exact) mass is 452 g/mol. The summed E-state index contributed by atoms with van der Waals surface area (Å²) < 4.78 is 14.0. The molecule has 4 heterocycles. The third-order valence-corrected chi connectivity index (χ3v) is 7.93. The third-order valence-electron chi connectivity index (χ3n) is 6.22. The van der Waals surface area contributed by atoms with Gasteiger partial charge in [0.25, 0.3) is 0 Å². The van der Waals surface area contributed by atoms with Crippen LogP contribution in [0.1, 0.15) is 25.5 Å². The number of nitrogens with zero attached hydrogens (tertiary/aromatic N) is 3. The second-order valence-electron chi connectivity index (χ2n) is 10.4. The van der Waals surface area contributed by atoms with E-state index in [4.69, 9.17) is 14.5 Å². The van der Waals surface area contributed by atoms with Crippen LogP contribution < -0.4 is 5.32 Å². The third kappa shape index (κ3) is 5.57. The summed E-state index contributed by atoms with van der Waals surface area (Å²) in [6, 6.07) is 9.72. The molecule has 0 spiro atoms. The van der Waals surface area contributed by atoms with E-state index in [1.54, 1.807) is 0 Å². The van der Waals surface area contributed by atoms with Gasteiger partial charge in [0.15, 0.2) is 0 Å². The zero-order valence-electron chi connectivity index (χ0n) is 20.1. The molecule has 0 aromatic carbocycles. The quantitative estimate of drug-likeness (QED) is 0.351. The summed E-state index contributed by atoms with van der Waals surface area (Å²) in [4.78, 5) is 9.10. The first-order valence-electron chi connectivity index (χ1n) is 11.6. The predicted molar refractivity (Wildman–Crippen MR) is 134 cm³/mol. The highest BCUT2D eigenvalue weighted by molar-refractivity contribution is 6.76. The lowest BCUT2D eigenvalue weighted by Gasteiger charge is -2.34.